The van der Waals surface area contributed by atoms with Crippen LogP contribution in [0, 0.1) is 5.41 Å². The first-order chi connectivity index (χ1) is 24.5. The Morgan fingerprint density at radius 3 is 1.49 bits per heavy atom. The van der Waals surface area contributed by atoms with Crippen LogP contribution in [0.2, 0.25) is 0 Å². The Morgan fingerprint density at radius 2 is 1.06 bits per heavy atom. The van der Waals surface area contributed by atoms with Gasteiger partial charge in [0.2, 0.25) is 0 Å². The zero-order valence-electron chi connectivity index (χ0n) is 32.4. The van der Waals surface area contributed by atoms with Crippen LogP contribution in [0.15, 0.2) is 12.7 Å². The van der Waals surface area contributed by atoms with E-state index in [9.17, 15) is 14.4 Å². The first kappa shape index (κ1) is 42.4. The Hall–Kier alpha value is -1.77. The van der Waals surface area contributed by atoms with E-state index in [2.05, 4.69) is 22.5 Å². The molecule has 0 amide bonds. The fourth-order valence-corrected chi connectivity index (χ4v) is 8.02. The summed E-state index contributed by atoms with van der Waals surface area (Å²) >= 11 is 3.33. The van der Waals surface area contributed by atoms with Crippen LogP contribution in [0.1, 0.15) is 82.6 Å². The van der Waals surface area contributed by atoms with Crippen molar-refractivity contribution in [2.75, 3.05) is 19.8 Å². The quantitative estimate of drug-likeness (QED) is 0.135. The molecule has 302 valence electrons. The van der Waals surface area contributed by atoms with Gasteiger partial charge >= 0.3 is 17.9 Å². The van der Waals surface area contributed by atoms with Gasteiger partial charge in [-0.05, 0) is 82.6 Å². The van der Waals surface area contributed by atoms with Gasteiger partial charge in [-0.2, -0.15) is 0 Å². The molecule has 0 N–H and O–H groups in total. The Balaban J connectivity index is 0.000000216. The molecule has 6 rings (SSSR count). The highest BCUT2D eigenvalue weighted by molar-refractivity contribution is 9.10. The lowest BCUT2D eigenvalue weighted by atomic mass is 9.88. The van der Waals surface area contributed by atoms with Crippen LogP contribution in [0.25, 0.3) is 0 Å². The third kappa shape index (κ3) is 9.97. The molecule has 53 heavy (non-hydrogen) atoms. The van der Waals surface area contributed by atoms with Crippen molar-refractivity contribution in [2.45, 2.75) is 172 Å². The Kier molecular flexibility index (Phi) is 12.5. The highest BCUT2D eigenvalue weighted by Gasteiger charge is 2.62. The number of esters is 3. The van der Waals surface area contributed by atoms with Crippen LogP contribution in [0.5, 0.6) is 0 Å². The molecule has 6 aliphatic heterocycles. The van der Waals surface area contributed by atoms with Gasteiger partial charge in [0.1, 0.15) is 66.9 Å². The van der Waals surface area contributed by atoms with Gasteiger partial charge in [-0.1, -0.05) is 22.5 Å². The molecule has 6 saturated heterocycles. The monoisotopic (exact) mass is 822 g/mol. The second kappa shape index (κ2) is 15.6. The summed E-state index contributed by atoms with van der Waals surface area (Å²) in [5, 5.41) is 0. The van der Waals surface area contributed by atoms with Gasteiger partial charge < -0.3 is 61.6 Å². The summed E-state index contributed by atoms with van der Waals surface area (Å²) in [7, 11) is 0. The molecule has 16 nitrogen and oxygen atoms in total. The SMILES string of the molecule is C=CC(=O)OCC1OC2OC(C)(C)OC2C2OC(C)(C)OC12.CCOC(=O)C(C)(C)CC(Br)C(=O)OCC1OC2OC(C)(C)OC2C2OC(C)(C)OC12. The molecule has 0 aliphatic carbocycles. The maximum absolute atomic E-state index is 12.6. The van der Waals surface area contributed by atoms with Crippen molar-refractivity contribution in [1.29, 1.82) is 0 Å². The number of halogens is 1. The van der Waals surface area contributed by atoms with Crippen molar-refractivity contribution in [3.05, 3.63) is 12.7 Å². The number of hydrogen-bond acceptors (Lipinski definition) is 16. The third-order valence-corrected chi connectivity index (χ3v) is 9.92. The van der Waals surface area contributed by atoms with Crippen molar-refractivity contribution in [3.63, 3.8) is 0 Å². The average molecular weight is 824 g/mol. The summed E-state index contributed by atoms with van der Waals surface area (Å²) in [5.74, 6) is -4.54. The zero-order valence-corrected chi connectivity index (χ0v) is 34.0. The van der Waals surface area contributed by atoms with Crippen molar-refractivity contribution < 1.29 is 76.0 Å². The van der Waals surface area contributed by atoms with Gasteiger partial charge in [0.15, 0.2) is 35.7 Å². The first-order valence-corrected chi connectivity index (χ1v) is 18.9. The van der Waals surface area contributed by atoms with Crippen LogP contribution >= 0.6 is 15.9 Å². The van der Waals surface area contributed by atoms with Crippen molar-refractivity contribution in [1.82, 2.24) is 0 Å². The largest absolute Gasteiger partial charge is 0.466 e. The summed E-state index contributed by atoms with van der Waals surface area (Å²) in [6.45, 7) is 23.4. The maximum Gasteiger partial charge on any atom is 0.330 e. The van der Waals surface area contributed by atoms with Gasteiger partial charge in [-0.25, -0.2) is 4.79 Å². The van der Waals surface area contributed by atoms with Crippen molar-refractivity contribution in [3.8, 4) is 0 Å². The zero-order chi connectivity index (χ0) is 39.3. The summed E-state index contributed by atoms with van der Waals surface area (Å²) in [6, 6.07) is 0. The number of carbonyl (C=O) groups is 3. The number of carbonyl (C=O) groups excluding carboxylic acids is 3. The minimum atomic E-state index is -0.837. The molecule has 17 heteroatoms. The van der Waals surface area contributed by atoms with Crippen molar-refractivity contribution >= 4 is 33.8 Å². The molecule has 11 atom stereocenters. The van der Waals surface area contributed by atoms with Crippen molar-refractivity contribution in [2.24, 2.45) is 5.41 Å². The van der Waals surface area contributed by atoms with Gasteiger partial charge in [0.05, 0.1) is 12.0 Å². The van der Waals surface area contributed by atoms with Gasteiger partial charge in [0.25, 0.3) is 0 Å². The smallest absolute Gasteiger partial charge is 0.330 e. The molecule has 6 heterocycles. The van der Waals surface area contributed by atoms with E-state index < -0.39 is 94.5 Å². The predicted molar refractivity (Wildman–Crippen MR) is 185 cm³/mol. The highest BCUT2D eigenvalue weighted by atomic mass is 79.9. The van der Waals surface area contributed by atoms with E-state index in [1.165, 1.54) is 0 Å². The van der Waals surface area contributed by atoms with Crippen LogP contribution < -0.4 is 0 Å². The molecule has 0 aromatic heterocycles. The predicted octanol–water partition coefficient (Wildman–Crippen LogP) is 3.78. The third-order valence-electron chi connectivity index (χ3n) is 9.22. The van der Waals surface area contributed by atoms with Crippen LogP contribution in [0.3, 0.4) is 0 Å². The van der Waals surface area contributed by atoms with E-state index in [1.807, 2.05) is 41.5 Å². The molecule has 6 fully saturated rings. The number of rotatable bonds is 10. The first-order valence-electron chi connectivity index (χ1n) is 18.0. The molecule has 0 saturated carbocycles. The van der Waals surface area contributed by atoms with E-state index in [4.69, 9.17) is 61.6 Å². The summed E-state index contributed by atoms with van der Waals surface area (Å²) < 4.78 is 75.0. The lowest BCUT2D eigenvalue weighted by Crippen LogP contribution is -2.56. The second-order valence-electron chi connectivity index (χ2n) is 16.2. The molecular formula is C36H55BrO16. The van der Waals surface area contributed by atoms with Crippen LogP contribution in [0.4, 0.5) is 0 Å². The number of fused-ring (bicyclic) bond motifs is 6. The molecule has 0 aromatic rings. The summed E-state index contributed by atoms with van der Waals surface area (Å²) in [6.07, 6.45) is -3.44. The Morgan fingerprint density at radius 1 is 0.660 bits per heavy atom. The van der Waals surface area contributed by atoms with E-state index >= 15 is 0 Å². The molecule has 0 aromatic carbocycles. The average Bonchev–Trinajstić information content (AvgIpc) is 3.75. The number of hydrogen-bond donors (Lipinski definition) is 0. The molecule has 6 aliphatic rings. The molecular weight excluding hydrogens is 768 g/mol. The highest BCUT2D eigenvalue weighted by Crippen LogP contribution is 2.45. The fourth-order valence-electron chi connectivity index (χ4n) is 7.07. The van der Waals surface area contributed by atoms with E-state index in [-0.39, 0.29) is 44.4 Å². The molecule has 0 radical (unpaired) electrons. The van der Waals surface area contributed by atoms with Gasteiger partial charge in [0, 0.05) is 6.08 Å². The van der Waals surface area contributed by atoms with Crippen LogP contribution in [-0.4, -0.2) is 127 Å². The van der Waals surface area contributed by atoms with Gasteiger partial charge in [-0.3, -0.25) is 9.59 Å². The Labute approximate surface area is 319 Å². The fraction of sp³-hybridized carbons (Fsp3) is 0.861. The summed E-state index contributed by atoms with van der Waals surface area (Å²) in [5.41, 5.74) is -0.837. The van der Waals surface area contributed by atoms with E-state index in [0.29, 0.717) is 0 Å². The standard InChI is InChI=1S/C21H33BrO9.C15H22O7/c1-8-25-18(24)19(2,3)9-11(22)16(23)26-10-12-13-14(29-20(4,5)28-13)15-17(27-12)31-21(6,7)30-15;1-6-9(16)17-7-8-10-11(20-14(2,3)19-10)12-13(18-8)22-15(4,5)21-12/h11-15,17H,8-10H2,1-7H3;6,8,10-13H,1,7H2,2-5H3. The molecule has 0 spiro atoms. The molecule has 0 bridgehead atoms. The lowest BCUT2D eigenvalue weighted by molar-refractivity contribution is -0.242. The number of ether oxygens (including phenoxy) is 13. The normalized spacial score (nSPS) is 37.4. The van der Waals surface area contributed by atoms with Crippen LogP contribution in [-0.2, 0) is 76.0 Å². The van der Waals surface area contributed by atoms with E-state index in [0.717, 1.165) is 6.08 Å². The number of alkyl halides is 1. The topological polar surface area (TPSA) is 171 Å². The Bertz CT molecular complexity index is 1360. The van der Waals surface area contributed by atoms with E-state index in [1.54, 1.807) is 34.6 Å². The minimum Gasteiger partial charge on any atom is -0.466 e. The second-order valence-corrected chi connectivity index (χ2v) is 17.3. The van der Waals surface area contributed by atoms with Gasteiger partial charge in [-0.15, -0.1) is 0 Å². The summed E-state index contributed by atoms with van der Waals surface area (Å²) in [4.78, 5) is 35.3. The maximum atomic E-state index is 12.6. The molecule has 11 unspecified atom stereocenters. The minimum absolute atomic E-state index is 0.0401. The lowest BCUT2D eigenvalue weighted by Gasteiger charge is -2.37.